The molecule has 0 saturated carbocycles. The minimum atomic E-state index is -0.989. The molecule has 4 unspecified atom stereocenters. The second kappa shape index (κ2) is 17.1. The molecule has 0 bridgehead atoms. The van der Waals surface area contributed by atoms with E-state index in [1.165, 1.54) is 13.8 Å². The van der Waals surface area contributed by atoms with Gasteiger partial charge in [0.25, 0.3) is 5.91 Å². The molecule has 1 aliphatic heterocycles. The standard InChI is InChI=1S/C30H49N5O6/c1-19(2)26(31-21(5)36)29(39)33-28(24-10-8-7-9-11-24)25(38)12-15-35(18-23-13-16-41-17-14-23)34-30(40)27(20(3)4)32-22(6)37/h7-11,19-20,23,25-28,38H,12-18H2,1-6H3,(H,31,36)(H,32,37)(H,33,39)(H,34,40). The SMILES string of the molecule is CC(=O)NC(C(=O)NC(c1ccccc1)C(O)CCN(CC1CCOCC1)NC(=O)C(NC(C)=O)C(C)C)C(C)C. The molecule has 1 heterocycles. The van der Waals surface area contributed by atoms with Gasteiger partial charge < -0.3 is 25.8 Å². The van der Waals surface area contributed by atoms with Gasteiger partial charge in [-0.15, -0.1) is 0 Å². The van der Waals surface area contributed by atoms with Gasteiger partial charge in [0.15, 0.2) is 0 Å². The van der Waals surface area contributed by atoms with Crippen molar-refractivity contribution in [2.24, 2.45) is 17.8 Å². The Morgan fingerprint density at radius 3 is 1.93 bits per heavy atom. The van der Waals surface area contributed by atoms with Crippen LogP contribution in [0.5, 0.6) is 0 Å². The highest BCUT2D eigenvalue weighted by Gasteiger charge is 2.31. The van der Waals surface area contributed by atoms with Crippen LogP contribution < -0.4 is 21.4 Å². The highest BCUT2D eigenvalue weighted by atomic mass is 16.5. The highest BCUT2D eigenvalue weighted by molar-refractivity contribution is 5.87. The van der Waals surface area contributed by atoms with E-state index in [-0.39, 0.29) is 41.9 Å². The third kappa shape index (κ3) is 11.8. The molecule has 1 aliphatic rings. The molecule has 11 heteroatoms. The summed E-state index contributed by atoms with van der Waals surface area (Å²) in [7, 11) is 0. The molecule has 1 aromatic rings. The van der Waals surface area contributed by atoms with Crippen molar-refractivity contribution in [3.63, 3.8) is 0 Å². The molecule has 0 aliphatic carbocycles. The van der Waals surface area contributed by atoms with Crippen molar-refractivity contribution >= 4 is 23.6 Å². The number of nitrogens with zero attached hydrogens (tertiary/aromatic N) is 1. The van der Waals surface area contributed by atoms with Crippen LogP contribution in [0.1, 0.15) is 72.4 Å². The quantitative estimate of drug-likeness (QED) is 0.200. The Kier molecular flexibility index (Phi) is 14.2. The topological polar surface area (TPSA) is 149 Å². The molecular weight excluding hydrogens is 526 g/mol. The first-order chi connectivity index (χ1) is 19.4. The number of hydrogen-bond donors (Lipinski definition) is 5. The molecule has 11 nitrogen and oxygen atoms in total. The maximum atomic E-state index is 13.2. The fourth-order valence-corrected chi connectivity index (χ4v) is 4.93. The Bertz CT molecular complexity index is 983. The smallest absolute Gasteiger partial charge is 0.257 e. The number of hydrazine groups is 1. The minimum Gasteiger partial charge on any atom is -0.391 e. The Balaban J connectivity index is 2.21. The lowest BCUT2D eigenvalue weighted by atomic mass is 9.96. The lowest BCUT2D eigenvalue weighted by Crippen LogP contribution is -2.55. The van der Waals surface area contributed by atoms with Crippen LogP contribution in [0.2, 0.25) is 0 Å². The number of ether oxygens (including phenoxy) is 1. The lowest BCUT2D eigenvalue weighted by Gasteiger charge is -2.33. The molecule has 0 radical (unpaired) electrons. The third-order valence-corrected chi connectivity index (χ3v) is 7.24. The van der Waals surface area contributed by atoms with Crippen LogP contribution in [0.25, 0.3) is 0 Å². The molecule has 41 heavy (non-hydrogen) atoms. The first-order valence-corrected chi connectivity index (χ1v) is 14.6. The zero-order chi connectivity index (χ0) is 30.5. The first-order valence-electron chi connectivity index (χ1n) is 14.6. The molecular formula is C30H49N5O6. The van der Waals surface area contributed by atoms with Crippen molar-refractivity contribution in [3.8, 4) is 0 Å². The van der Waals surface area contributed by atoms with E-state index in [9.17, 15) is 24.3 Å². The predicted molar refractivity (Wildman–Crippen MR) is 156 cm³/mol. The van der Waals surface area contributed by atoms with Crippen LogP contribution in [0.3, 0.4) is 0 Å². The van der Waals surface area contributed by atoms with E-state index in [1.54, 1.807) is 5.01 Å². The second-order valence-electron chi connectivity index (χ2n) is 11.6. The number of hydrogen-bond acceptors (Lipinski definition) is 7. The number of nitrogens with one attached hydrogen (secondary N) is 4. The zero-order valence-electron chi connectivity index (χ0n) is 25.3. The number of aliphatic hydroxyl groups is 1. The van der Waals surface area contributed by atoms with Gasteiger partial charge in [-0.25, -0.2) is 5.01 Å². The Hall–Kier alpha value is -3.02. The summed E-state index contributed by atoms with van der Waals surface area (Å²) in [4.78, 5) is 49.9. The van der Waals surface area contributed by atoms with Gasteiger partial charge in [-0.1, -0.05) is 58.0 Å². The number of aliphatic hydroxyl groups excluding tert-OH is 1. The number of carbonyl (C=O) groups excluding carboxylic acids is 4. The van der Waals surface area contributed by atoms with Crippen LogP contribution >= 0.6 is 0 Å². The van der Waals surface area contributed by atoms with Gasteiger partial charge in [-0.05, 0) is 42.6 Å². The van der Waals surface area contributed by atoms with E-state index in [4.69, 9.17) is 4.74 Å². The van der Waals surface area contributed by atoms with Crippen LogP contribution in [-0.2, 0) is 23.9 Å². The van der Waals surface area contributed by atoms with Gasteiger partial charge in [0, 0.05) is 40.2 Å². The van der Waals surface area contributed by atoms with E-state index < -0.39 is 24.2 Å². The molecule has 2 rings (SSSR count). The Morgan fingerprint density at radius 2 is 1.41 bits per heavy atom. The number of benzene rings is 1. The number of amides is 4. The lowest BCUT2D eigenvalue weighted by molar-refractivity contribution is -0.133. The van der Waals surface area contributed by atoms with Gasteiger partial charge >= 0.3 is 0 Å². The Labute approximate surface area is 244 Å². The molecule has 0 spiro atoms. The summed E-state index contributed by atoms with van der Waals surface area (Å²) in [6.07, 6.45) is 0.965. The van der Waals surface area contributed by atoms with Gasteiger partial charge in [-0.2, -0.15) is 0 Å². The minimum absolute atomic E-state index is 0.121. The van der Waals surface area contributed by atoms with Crippen LogP contribution in [0.4, 0.5) is 0 Å². The zero-order valence-corrected chi connectivity index (χ0v) is 25.3. The van der Waals surface area contributed by atoms with E-state index in [0.29, 0.717) is 32.2 Å². The summed E-state index contributed by atoms with van der Waals surface area (Å²) < 4.78 is 5.49. The third-order valence-electron chi connectivity index (χ3n) is 7.24. The molecule has 5 N–H and O–H groups in total. The highest BCUT2D eigenvalue weighted by Crippen LogP contribution is 2.21. The van der Waals surface area contributed by atoms with E-state index in [0.717, 1.165) is 18.4 Å². The monoisotopic (exact) mass is 575 g/mol. The predicted octanol–water partition coefficient (Wildman–Crippen LogP) is 1.68. The summed E-state index contributed by atoms with van der Waals surface area (Å²) in [6, 6.07) is 7.00. The molecule has 230 valence electrons. The summed E-state index contributed by atoms with van der Waals surface area (Å²) in [5.41, 5.74) is 3.70. The fraction of sp³-hybridized carbons (Fsp3) is 0.667. The maximum absolute atomic E-state index is 13.2. The van der Waals surface area contributed by atoms with Crippen LogP contribution in [-0.4, -0.2) is 78.2 Å². The maximum Gasteiger partial charge on any atom is 0.257 e. The summed E-state index contributed by atoms with van der Waals surface area (Å²) in [5, 5.41) is 21.6. The van der Waals surface area contributed by atoms with E-state index in [1.807, 2.05) is 58.0 Å². The van der Waals surface area contributed by atoms with Crippen LogP contribution in [0, 0.1) is 17.8 Å². The van der Waals surface area contributed by atoms with Gasteiger partial charge in [0.2, 0.25) is 17.7 Å². The van der Waals surface area contributed by atoms with Crippen molar-refractivity contribution in [1.29, 1.82) is 0 Å². The average Bonchev–Trinajstić information content (AvgIpc) is 2.92. The normalized spacial score (nSPS) is 17.0. The first kappa shape index (κ1) is 34.2. The Morgan fingerprint density at radius 1 is 0.878 bits per heavy atom. The molecule has 4 atom stereocenters. The van der Waals surface area contributed by atoms with Crippen molar-refractivity contribution in [2.75, 3.05) is 26.3 Å². The largest absolute Gasteiger partial charge is 0.391 e. The number of rotatable bonds is 15. The second-order valence-corrected chi connectivity index (χ2v) is 11.6. The van der Waals surface area contributed by atoms with Crippen LogP contribution in [0.15, 0.2) is 30.3 Å². The molecule has 1 fully saturated rings. The molecule has 1 saturated heterocycles. The summed E-state index contributed by atoms with van der Waals surface area (Å²) in [6.45, 7) is 12.4. The molecule has 4 amide bonds. The van der Waals surface area contributed by atoms with Gasteiger partial charge in [0.1, 0.15) is 12.1 Å². The van der Waals surface area contributed by atoms with Gasteiger partial charge in [-0.3, -0.25) is 24.6 Å². The van der Waals surface area contributed by atoms with Crippen molar-refractivity contribution in [1.82, 2.24) is 26.4 Å². The number of carbonyl (C=O) groups is 4. The van der Waals surface area contributed by atoms with Crippen molar-refractivity contribution in [2.45, 2.75) is 85.0 Å². The van der Waals surface area contributed by atoms with Gasteiger partial charge in [0.05, 0.1) is 12.1 Å². The fourth-order valence-electron chi connectivity index (χ4n) is 4.93. The van der Waals surface area contributed by atoms with E-state index in [2.05, 4.69) is 21.4 Å². The molecule has 1 aromatic carbocycles. The summed E-state index contributed by atoms with van der Waals surface area (Å²) in [5.74, 6) is -1.28. The van der Waals surface area contributed by atoms with Crippen molar-refractivity contribution in [3.05, 3.63) is 35.9 Å². The molecule has 0 aromatic heterocycles. The average molecular weight is 576 g/mol. The summed E-state index contributed by atoms with van der Waals surface area (Å²) >= 11 is 0. The van der Waals surface area contributed by atoms with E-state index >= 15 is 0 Å². The van der Waals surface area contributed by atoms with Crippen molar-refractivity contribution < 1.29 is 29.0 Å².